The highest BCUT2D eigenvalue weighted by Gasteiger charge is 2.36. The van der Waals surface area contributed by atoms with Gasteiger partial charge in [-0.1, -0.05) is 48.5 Å². The fourth-order valence-electron chi connectivity index (χ4n) is 4.24. The van der Waals surface area contributed by atoms with Crippen LogP contribution in [0.5, 0.6) is 0 Å². The van der Waals surface area contributed by atoms with Gasteiger partial charge in [-0.15, -0.1) is 11.3 Å². The molecule has 0 atom stereocenters. The molecule has 9 heteroatoms. The Hall–Kier alpha value is -3.72. The van der Waals surface area contributed by atoms with Crippen LogP contribution in [0.15, 0.2) is 54.7 Å². The van der Waals surface area contributed by atoms with Crippen LogP contribution in [0.4, 0.5) is 4.79 Å². The van der Waals surface area contributed by atoms with Crippen LogP contribution in [0.2, 0.25) is 0 Å². The van der Waals surface area contributed by atoms with Gasteiger partial charge in [-0.05, 0) is 22.3 Å². The van der Waals surface area contributed by atoms with Crippen molar-refractivity contribution in [3.8, 4) is 11.1 Å². The van der Waals surface area contributed by atoms with E-state index in [1.165, 1.54) is 33.6 Å². The molecule has 0 spiro atoms. The highest BCUT2D eigenvalue weighted by Crippen LogP contribution is 2.44. The summed E-state index contributed by atoms with van der Waals surface area (Å²) < 4.78 is 5.51. The summed E-state index contributed by atoms with van der Waals surface area (Å²) in [5.74, 6) is -1.65. The Morgan fingerprint density at radius 3 is 2.33 bits per heavy atom. The SMILES string of the molecule is O=C(NCc1ncc(C(=O)N2CC(C(=O)O)C2)s1)OCC1c2ccccc2-c2ccccc21. The number of ether oxygens (including phenoxy) is 1. The number of carbonyl (C=O) groups is 3. The lowest BCUT2D eigenvalue weighted by Crippen LogP contribution is -2.52. The Kier molecular flexibility index (Phi) is 5.55. The number of amides is 2. The first kappa shape index (κ1) is 21.1. The number of hydrogen-bond donors (Lipinski definition) is 2. The van der Waals surface area contributed by atoms with Crippen molar-refractivity contribution in [3.63, 3.8) is 0 Å². The zero-order valence-electron chi connectivity index (χ0n) is 17.6. The summed E-state index contributed by atoms with van der Waals surface area (Å²) in [7, 11) is 0. The maximum atomic E-state index is 12.4. The molecule has 2 amide bonds. The normalized spacial score (nSPS) is 14.8. The number of carboxylic acid groups (broad SMARTS) is 1. The first-order valence-corrected chi connectivity index (χ1v) is 11.4. The van der Waals surface area contributed by atoms with Gasteiger partial charge >= 0.3 is 12.1 Å². The summed E-state index contributed by atoms with van der Waals surface area (Å²) in [6, 6.07) is 16.3. The van der Waals surface area contributed by atoms with E-state index < -0.39 is 18.0 Å². The number of hydrogen-bond acceptors (Lipinski definition) is 6. The minimum Gasteiger partial charge on any atom is -0.481 e. The molecule has 2 heterocycles. The Labute approximate surface area is 193 Å². The van der Waals surface area contributed by atoms with Gasteiger partial charge in [0.1, 0.15) is 16.5 Å². The molecule has 1 saturated heterocycles. The predicted octanol–water partition coefficient (Wildman–Crippen LogP) is 3.34. The first-order valence-electron chi connectivity index (χ1n) is 10.6. The Morgan fingerprint density at radius 2 is 1.70 bits per heavy atom. The molecule has 2 aromatic carbocycles. The second-order valence-corrected chi connectivity index (χ2v) is 9.16. The number of rotatable bonds is 6. The second kappa shape index (κ2) is 8.67. The Balaban J connectivity index is 1.14. The molecular formula is C24H21N3O5S. The number of aliphatic carboxylic acids is 1. The molecule has 1 aromatic heterocycles. The zero-order chi connectivity index (χ0) is 22.9. The fourth-order valence-corrected chi connectivity index (χ4v) is 5.07. The molecule has 1 fully saturated rings. The zero-order valence-corrected chi connectivity index (χ0v) is 18.4. The molecule has 5 rings (SSSR count). The molecule has 33 heavy (non-hydrogen) atoms. The van der Waals surface area contributed by atoms with Crippen molar-refractivity contribution in [3.05, 3.63) is 75.7 Å². The maximum absolute atomic E-state index is 12.4. The van der Waals surface area contributed by atoms with Crippen molar-refractivity contribution >= 4 is 29.3 Å². The molecule has 2 N–H and O–H groups in total. The summed E-state index contributed by atoms with van der Waals surface area (Å²) in [5.41, 5.74) is 4.62. The average molecular weight is 464 g/mol. The predicted molar refractivity (Wildman–Crippen MR) is 121 cm³/mol. The van der Waals surface area contributed by atoms with Crippen molar-refractivity contribution in [1.82, 2.24) is 15.2 Å². The molecule has 3 aromatic rings. The number of nitrogens with zero attached hydrogens (tertiary/aromatic N) is 2. The molecule has 168 valence electrons. The van der Waals surface area contributed by atoms with Crippen LogP contribution in [-0.4, -0.2) is 52.7 Å². The van der Waals surface area contributed by atoms with Gasteiger partial charge in [0.25, 0.3) is 5.91 Å². The number of benzene rings is 2. The lowest BCUT2D eigenvalue weighted by Gasteiger charge is -2.36. The van der Waals surface area contributed by atoms with Crippen LogP contribution >= 0.6 is 11.3 Å². The van der Waals surface area contributed by atoms with Gasteiger partial charge in [-0.3, -0.25) is 9.59 Å². The molecular weight excluding hydrogens is 442 g/mol. The topological polar surface area (TPSA) is 109 Å². The van der Waals surface area contributed by atoms with Crippen molar-refractivity contribution in [2.75, 3.05) is 19.7 Å². The lowest BCUT2D eigenvalue weighted by molar-refractivity contribution is -0.146. The van der Waals surface area contributed by atoms with Crippen LogP contribution in [0, 0.1) is 5.92 Å². The third-order valence-corrected chi connectivity index (χ3v) is 7.00. The molecule has 8 nitrogen and oxygen atoms in total. The van der Waals surface area contributed by atoms with Gasteiger partial charge in [0.05, 0.1) is 18.7 Å². The highest BCUT2D eigenvalue weighted by molar-refractivity contribution is 7.13. The van der Waals surface area contributed by atoms with Crippen molar-refractivity contribution in [1.29, 1.82) is 0 Å². The van der Waals surface area contributed by atoms with Gasteiger partial charge in [-0.2, -0.15) is 0 Å². The van der Waals surface area contributed by atoms with Crippen LogP contribution in [0.3, 0.4) is 0 Å². The van der Waals surface area contributed by atoms with Crippen LogP contribution in [0.25, 0.3) is 11.1 Å². The van der Waals surface area contributed by atoms with Crippen LogP contribution in [-0.2, 0) is 16.1 Å². The molecule has 1 aliphatic heterocycles. The van der Waals surface area contributed by atoms with E-state index in [9.17, 15) is 14.4 Å². The van der Waals surface area contributed by atoms with E-state index in [0.29, 0.717) is 9.88 Å². The van der Waals surface area contributed by atoms with E-state index in [0.717, 1.165) is 11.1 Å². The number of fused-ring (bicyclic) bond motifs is 3. The van der Waals surface area contributed by atoms with Crippen LogP contribution < -0.4 is 5.32 Å². The van der Waals surface area contributed by atoms with Crippen molar-refractivity contribution < 1.29 is 24.2 Å². The Morgan fingerprint density at radius 1 is 1.06 bits per heavy atom. The van der Waals surface area contributed by atoms with E-state index in [-0.39, 0.29) is 38.1 Å². The van der Waals surface area contributed by atoms with E-state index in [4.69, 9.17) is 9.84 Å². The van der Waals surface area contributed by atoms with Crippen molar-refractivity contribution in [2.24, 2.45) is 5.92 Å². The third-order valence-electron chi connectivity index (χ3n) is 6.01. The van der Waals surface area contributed by atoms with Gasteiger partial charge in [0, 0.05) is 19.0 Å². The van der Waals surface area contributed by atoms with E-state index in [1.54, 1.807) is 0 Å². The number of nitrogens with one attached hydrogen (secondary N) is 1. The van der Waals surface area contributed by atoms with Crippen LogP contribution in [0.1, 0.15) is 31.7 Å². The first-order chi connectivity index (χ1) is 16.0. The standard InChI is InChI=1S/C24H21N3O5S/c28-22(27-11-14(12-27)23(29)30)20-9-25-21(33-20)10-26-24(31)32-13-19-17-7-3-1-5-15(17)16-6-2-4-8-18(16)19/h1-9,14,19H,10-13H2,(H,26,31)(H,29,30). The second-order valence-electron chi connectivity index (χ2n) is 8.04. The van der Waals surface area contributed by atoms with Gasteiger partial charge < -0.3 is 20.1 Å². The van der Waals surface area contributed by atoms with Gasteiger partial charge in [0.2, 0.25) is 0 Å². The molecule has 1 aliphatic carbocycles. The summed E-state index contributed by atoms with van der Waals surface area (Å²) in [6.45, 7) is 0.784. The minimum absolute atomic E-state index is 0.0154. The fraction of sp³-hybridized carbons (Fsp3) is 0.250. The van der Waals surface area contributed by atoms with E-state index >= 15 is 0 Å². The summed E-state index contributed by atoms with van der Waals surface area (Å²) in [5, 5.41) is 12.2. The monoisotopic (exact) mass is 463 g/mol. The average Bonchev–Trinajstić information content (AvgIpc) is 3.38. The number of carbonyl (C=O) groups excluding carboxylic acids is 2. The maximum Gasteiger partial charge on any atom is 0.407 e. The quantitative estimate of drug-likeness (QED) is 0.580. The van der Waals surface area contributed by atoms with E-state index in [2.05, 4.69) is 34.6 Å². The molecule has 0 unspecified atom stereocenters. The number of alkyl carbamates (subject to hydrolysis) is 1. The van der Waals surface area contributed by atoms with Gasteiger partial charge in [0.15, 0.2) is 0 Å². The molecule has 0 radical (unpaired) electrons. The van der Waals surface area contributed by atoms with Crippen molar-refractivity contribution in [2.45, 2.75) is 12.5 Å². The van der Waals surface area contributed by atoms with Gasteiger partial charge in [-0.25, -0.2) is 9.78 Å². The smallest absolute Gasteiger partial charge is 0.407 e. The van der Waals surface area contributed by atoms with E-state index in [1.807, 2.05) is 24.3 Å². The summed E-state index contributed by atoms with van der Waals surface area (Å²) in [4.78, 5) is 41.7. The molecule has 2 aliphatic rings. The number of aromatic nitrogens is 1. The Bertz CT molecular complexity index is 1190. The minimum atomic E-state index is -0.892. The third kappa shape index (κ3) is 4.07. The molecule has 0 saturated carbocycles. The number of thiazole rings is 1. The number of likely N-dealkylation sites (tertiary alicyclic amines) is 1. The number of carboxylic acids is 1. The summed E-state index contributed by atoms with van der Waals surface area (Å²) in [6.07, 6.45) is 0.905. The summed E-state index contributed by atoms with van der Waals surface area (Å²) >= 11 is 1.17. The highest BCUT2D eigenvalue weighted by atomic mass is 32.1. The lowest BCUT2D eigenvalue weighted by atomic mass is 9.98. The molecule has 0 bridgehead atoms. The largest absolute Gasteiger partial charge is 0.481 e.